The predicted octanol–water partition coefficient (Wildman–Crippen LogP) is 4.54. The molecule has 1 amide bonds. The van der Waals surface area contributed by atoms with Crippen LogP contribution in [0.1, 0.15) is 10.4 Å². The van der Waals surface area contributed by atoms with Gasteiger partial charge in [0.1, 0.15) is 0 Å². The number of sulfone groups is 1. The van der Waals surface area contributed by atoms with Crippen molar-refractivity contribution in [2.45, 2.75) is 9.79 Å². The standard InChI is InChI=1S/C28H25N3O3S/c32-28(31-20-18-30(19-21-31)25-14-16-29-17-15-25)24-8-12-27(13-9-24)35(33,34)26-10-6-23(7-11-26)22-4-2-1-3-5-22/h1-17H,18-21H2. The summed E-state index contributed by atoms with van der Waals surface area (Å²) in [5.74, 6) is -0.0875. The highest BCUT2D eigenvalue weighted by molar-refractivity contribution is 7.91. The Morgan fingerprint density at radius 3 is 1.80 bits per heavy atom. The molecule has 1 fully saturated rings. The number of amides is 1. The molecule has 0 saturated carbocycles. The Morgan fingerprint density at radius 2 is 1.20 bits per heavy atom. The lowest BCUT2D eigenvalue weighted by Crippen LogP contribution is -2.48. The molecule has 5 rings (SSSR count). The van der Waals surface area contributed by atoms with Crippen molar-refractivity contribution in [3.63, 3.8) is 0 Å². The predicted molar refractivity (Wildman–Crippen MR) is 136 cm³/mol. The molecule has 3 aromatic carbocycles. The molecule has 176 valence electrons. The molecule has 1 aliphatic rings. The Hall–Kier alpha value is -3.97. The maximum Gasteiger partial charge on any atom is 0.253 e. The minimum atomic E-state index is -3.68. The monoisotopic (exact) mass is 483 g/mol. The summed E-state index contributed by atoms with van der Waals surface area (Å²) in [6.45, 7) is 2.69. The lowest BCUT2D eigenvalue weighted by atomic mass is 10.1. The fourth-order valence-corrected chi connectivity index (χ4v) is 5.54. The number of anilines is 1. The van der Waals surface area contributed by atoms with E-state index in [4.69, 9.17) is 0 Å². The number of rotatable bonds is 5. The van der Waals surface area contributed by atoms with Gasteiger partial charge in [-0.15, -0.1) is 0 Å². The number of carbonyl (C=O) groups is 1. The Balaban J connectivity index is 1.26. The highest BCUT2D eigenvalue weighted by atomic mass is 32.2. The van der Waals surface area contributed by atoms with E-state index in [2.05, 4.69) is 9.88 Å². The Kier molecular flexibility index (Phi) is 6.33. The van der Waals surface area contributed by atoms with Crippen LogP contribution in [0.5, 0.6) is 0 Å². The second-order valence-corrected chi connectivity index (χ2v) is 10.4. The fraction of sp³-hybridized carbons (Fsp3) is 0.143. The molecule has 2 heterocycles. The van der Waals surface area contributed by atoms with Crippen LogP contribution in [0.25, 0.3) is 11.1 Å². The molecule has 1 aromatic heterocycles. The van der Waals surface area contributed by atoms with Crippen molar-refractivity contribution < 1.29 is 13.2 Å². The van der Waals surface area contributed by atoms with Gasteiger partial charge in [0.05, 0.1) is 9.79 Å². The molecule has 0 atom stereocenters. The molecule has 1 aliphatic heterocycles. The number of hydrogen-bond acceptors (Lipinski definition) is 5. The molecule has 0 radical (unpaired) electrons. The third kappa shape index (κ3) is 4.81. The topological polar surface area (TPSA) is 70.6 Å². The van der Waals surface area contributed by atoms with Crippen molar-refractivity contribution in [1.29, 1.82) is 0 Å². The van der Waals surface area contributed by atoms with E-state index >= 15 is 0 Å². The van der Waals surface area contributed by atoms with Gasteiger partial charge < -0.3 is 9.80 Å². The van der Waals surface area contributed by atoms with Crippen molar-refractivity contribution in [2.75, 3.05) is 31.1 Å². The largest absolute Gasteiger partial charge is 0.368 e. The van der Waals surface area contributed by atoms with Crippen LogP contribution in [0.4, 0.5) is 5.69 Å². The first-order chi connectivity index (χ1) is 17.0. The van der Waals surface area contributed by atoms with Gasteiger partial charge in [-0.3, -0.25) is 9.78 Å². The molecule has 6 nitrogen and oxygen atoms in total. The van der Waals surface area contributed by atoms with Gasteiger partial charge in [-0.25, -0.2) is 8.42 Å². The first kappa shape index (κ1) is 22.8. The van der Waals surface area contributed by atoms with Crippen LogP contribution in [-0.2, 0) is 9.84 Å². The smallest absolute Gasteiger partial charge is 0.253 e. The second kappa shape index (κ2) is 9.72. The van der Waals surface area contributed by atoms with Crippen molar-refractivity contribution in [1.82, 2.24) is 9.88 Å². The Bertz CT molecular complexity index is 1400. The maximum absolute atomic E-state index is 13.1. The highest BCUT2D eigenvalue weighted by Crippen LogP contribution is 2.26. The van der Waals surface area contributed by atoms with Gasteiger partial charge in [-0.2, -0.15) is 0 Å². The summed E-state index contributed by atoms with van der Waals surface area (Å²) in [4.78, 5) is 21.5. The van der Waals surface area contributed by atoms with Crippen LogP contribution >= 0.6 is 0 Å². The summed E-state index contributed by atoms with van der Waals surface area (Å²) >= 11 is 0. The molecule has 1 saturated heterocycles. The van der Waals surface area contributed by atoms with Crippen molar-refractivity contribution >= 4 is 21.4 Å². The number of piperazine rings is 1. The molecule has 35 heavy (non-hydrogen) atoms. The summed E-state index contributed by atoms with van der Waals surface area (Å²) in [5, 5.41) is 0. The quantitative estimate of drug-likeness (QED) is 0.417. The molecule has 4 aromatic rings. The van der Waals surface area contributed by atoms with Gasteiger partial charge in [0.25, 0.3) is 5.91 Å². The average Bonchev–Trinajstić information content (AvgIpc) is 2.94. The van der Waals surface area contributed by atoms with Gasteiger partial charge in [0.15, 0.2) is 0 Å². The Morgan fingerprint density at radius 1 is 0.657 bits per heavy atom. The van der Waals surface area contributed by atoms with E-state index < -0.39 is 9.84 Å². The molecule has 0 aliphatic carbocycles. The molecule has 0 N–H and O–H groups in total. The van der Waals surface area contributed by atoms with Crippen molar-refractivity contribution in [2.24, 2.45) is 0 Å². The second-order valence-electron chi connectivity index (χ2n) is 8.40. The van der Waals surface area contributed by atoms with Crippen LogP contribution in [0.15, 0.2) is 113 Å². The highest BCUT2D eigenvalue weighted by Gasteiger charge is 2.23. The van der Waals surface area contributed by atoms with Gasteiger partial charge in [0.2, 0.25) is 9.84 Å². The lowest BCUT2D eigenvalue weighted by molar-refractivity contribution is 0.0746. The summed E-state index contributed by atoms with van der Waals surface area (Å²) in [6, 6.07) is 26.8. The van der Waals surface area contributed by atoms with E-state index in [1.54, 1.807) is 36.7 Å². The number of carbonyl (C=O) groups excluding carboxylic acids is 1. The summed E-state index contributed by atoms with van der Waals surface area (Å²) in [7, 11) is -3.68. The third-order valence-electron chi connectivity index (χ3n) is 6.28. The number of nitrogens with zero attached hydrogens (tertiary/aromatic N) is 3. The fourth-order valence-electron chi connectivity index (χ4n) is 4.28. The number of aromatic nitrogens is 1. The van der Waals surface area contributed by atoms with Crippen molar-refractivity contribution in [3.05, 3.63) is 109 Å². The van der Waals surface area contributed by atoms with Crippen molar-refractivity contribution in [3.8, 4) is 11.1 Å². The zero-order valence-electron chi connectivity index (χ0n) is 19.1. The van der Waals surface area contributed by atoms with Crippen LogP contribution in [0, 0.1) is 0 Å². The van der Waals surface area contributed by atoms with Gasteiger partial charge >= 0.3 is 0 Å². The zero-order valence-corrected chi connectivity index (χ0v) is 19.9. The van der Waals surface area contributed by atoms with Crippen LogP contribution in [0.2, 0.25) is 0 Å². The maximum atomic E-state index is 13.1. The van der Waals surface area contributed by atoms with E-state index in [9.17, 15) is 13.2 Å². The van der Waals surface area contributed by atoms with E-state index in [1.807, 2.05) is 59.5 Å². The number of hydrogen-bond donors (Lipinski definition) is 0. The molecular formula is C28H25N3O3S. The van der Waals surface area contributed by atoms with Crippen LogP contribution < -0.4 is 4.90 Å². The van der Waals surface area contributed by atoms with Crippen LogP contribution in [0.3, 0.4) is 0 Å². The van der Waals surface area contributed by atoms with E-state index in [0.29, 0.717) is 18.7 Å². The molecule has 0 spiro atoms. The van der Waals surface area contributed by atoms with Gasteiger partial charge in [-0.1, -0.05) is 42.5 Å². The first-order valence-corrected chi connectivity index (χ1v) is 13.0. The van der Waals surface area contributed by atoms with Gasteiger partial charge in [-0.05, 0) is 59.7 Å². The summed E-state index contributed by atoms with van der Waals surface area (Å²) in [5.41, 5.74) is 3.56. The SMILES string of the molecule is O=C(c1ccc(S(=O)(=O)c2ccc(-c3ccccc3)cc2)cc1)N1CCN(c2ccncc2)CC1. The van der Waals surface area contributed by atoms with Gasteiger partial charge in [0, 0.05) is 49.8 Å². The van der Waals surface area contributed by atoms with Crippen LogP contribution in [-0.4, -0.2) is 50.4 Å². The molecule has 7 heteroatoms. The van der Waals surface area contributed by atoms with E-state index in [0.717, 1.165) is 29.9 Å². The normalized spacial score (nSPS) is 14.1. The molecule has 0 bridgehead atoms. The Labute approximate surface area is 205 Å². The average molecular weight is 484 g/mol. The zero-order chi connectivity index (χ0) is 24.3. The van der Waals surface area contributed by atoms with E-state index in [-0.39, 0.29) is 15.7 Å². The first-order valence-electron chi connectivity index (χ1n) is 11.5. The minimum Gasteiger partial charge on any atom is -0.368 e. The third-order valence-corrected chi connectivity index (χ3v) is 8.06. The van der Waals surface area contributed by atoms with E-state index in [1.165, 1.54) is 12.1 Å². The number of benzene rings is 3. The number of pyridine rings is 1. The molecule has 0 unspecified atom stereocenters. The summed E-state index contributed by atoms with van der Waals surface area (Å²) in [6.07, 6.45) is 3.53. The summed E-state index contributed by atoms with van der Waals surface area (Å²) < 4.78 is 26.3. The lowest BCUT2D eigenvalue weighted by Gasteiger charge is -2.36. The molecular weight excluding hydrogens is 458 g/mol. The minimum absolute atomic E-state index is 0.0875.